The van der Waals surface area contributed by atoms with Gasteiger partial charge in [0.05, 0.1) is 22.4 Å². The molecule has 0 aliphatic carbocycles. The van der Waals surface area contributed by atoms with Crippen LogP contribution >= 0.6 is 11.8 Å². The molecule has 0 aliphatic heterocycles. The largest absolute Gasteiger partial charge is 0.491 e. The third-order valence-electron chi connectivity index (χ3n) is 5.77. The number of nitrogens with two attached hydrogens (primary N) is 1. The molecule has 2 aromatic carbocycles. The fourth-order valence-electron chi connectivity index (χ4n) is 3.75. The maximum absolute atomic E-state index is 11.1. The molecule has 0 amide bonds. The summed E-state index contributed by atoms with van der Waals surface area (Å²) in [5.74, 6) is 0.701. The van der Waals surface area contributed by atoms with Crippen LogP contribution in [0.25, 0.3) is 22.6 Å². The zero-order valence-corrected chi connectivity index (χ0v) is 22.7. The minimum atomic E-state index is -1.02. The fraction of sp³-hybridized carbons (Fsp3) is 0.207. The predicted molar refractivity (Wildman–Crippen MR) is 149 cm³/mol. The Kier molecular flexibility index (Phi) is 8.10. The number of aromatic nitrogens is 2. The lowest BCUT2D eigenvalue weighted by Gasteiger charge is -2.18. The molecular formula is C29H25N5O5S. The van der Waals surface area contributed by atoms with Crippen molar-refractivity contribution in [2.45, 2.75) is 37.2 Å². The maximum Gasteiger partial charge on any atom is 0.335 e. The summed E-state index contributed by atoms with van der Waals surface area (Å²) >= 11 is 1.23. The molecule has 0 radical (unpaired) electrons. The number of hydrogen-bond acceptors (Lipinski definition) is 10. The number of nitrogen functional groups attached to an aromatic ring is 1. The summed E-state index contributed by atoms with van der Waals surface area (Å²) in [6.45, 7) is 5.13. The molecule has 0 fully saturated rings. The normalized spacial score (nSPS) is 11.1. The molecule has 0 aliphatic rings. The Labute approximate surface area is 234 Å². The van der Waals surface area contributed by atoms with Gasteiger partial charge in [-0.2, -0.15) is 10.5 Å². The van der Waals surface area contributed by atoms with Gasteiger partial charge in [0.15, 0.2) is 0 Å². The number of rotatable bonds is 9. The van der Waals surface area contributed by atoms with Crippen LogP contribution in [0.2, 0.25) is 0 Å². The highest BCUT2D eigenvalue weighted by Crippen LogP contribution is 2.37. The molecule has 11 heteroatoms. The third kappa shape index (κ3) is 6.24. The standard InChI is InChI=1S/C29H25N5O5S/c1-16-23(33-26(39-16)18-4-6-19(7-5-18)28(35)36)14-40-27-22(13-31)24(21(12-30)25(32)34-27)17-8-10-20(11-9-17)38-15-29(2,3)37/h4-11,37H,14-15H2,1-3H3,(H2,32,34)(H,35,36). The highest BCUT2D eigenvalue weighted by atomic mass is 32.2. The Hall–Kier alpha value is -4.84. The molecule has 4 N–H and O–H groups in total. The van der Waals surface area contributed by atoms with Gasteiger partial charge in [-0.3, -0.25) is 0 Å². The lowest BCUT2D eigenvalue weighted by atomic mass is 9.97. The average molecular weight is 556 g/mol. The highest BCUT2D eigenvalue weighted by molar-refractivity contribution is 7.98. The lowest BCUT2D eigenvalue weighted by molar-refractivity contribution is 0.0285. The second-order valence-electron chi connectivity index (χ2n) is 9.47. The molecule has 40 heavy (non-hydrogen) atoms. The number of aromatic carboxylic acids is 1. The van der Waals surface area contributed by atoms with E-state index in [-0.39, 0.29) is 29.1 Å². The van der Waals surface area contributed by atoms with Crippen LogP contribution in [-0.2, 0) is 5.75 Å². The van der Waals surface area contributed by atoms with Crippen molar-refractivity contribution in [3.05, 3.63) is 76.7 Å². The molecule has 0 bridgehead atoms. The summed E-state index contributed by atoms with van der Waals surface area (Å²) in [6, 6.07) is 17.2. The summed E-state index contributed by atoms with van der Waals surface area (Å²) in [5, 5.41) is 39.2. The van der Waals surface area contributed by atoms with Gasteiger partial charge in [0.2, 0.25) is 5.89 Å². The number of carboxylic acids is 1. The number of aliphatic hydroxyl groups is 1. The molecular weight excluding hydrogens is 530 g/mol. The number of oxazole rings is 1. The topological polar surface area (TPSA) is 179 Å². The number of pyridine rings is 1. The highest BCUT2D eigenvalue weighted by Gasteiger charge is 2.22. The Bertz CT molecular complexity index is 1640. The van der Waals surface area contributed by atoms with Gasteiger partial charge in [0.1, 0.15) is 46.7 Å². The van der Waals surface area contributed by atoms with Crippen LogP contribution in [0.15, 0.2) is 58.0 Å². The summed E-state index contributed by atoms with van der Waals surface area (Å²) in [5.41, 5.74) is 7.79. The molecule has 2 heterocycles. The molecule has 4 aromatic rings. The second-order valence-corrected chi connectivity index (χ2v) is 10.4. The Morgan fingerprint density at radius 2 is 1.68 bits per heavy atom. The predicted octanol–water partition coefficient (Wildman–Crippen LogP) is 5.18. The third-order valence-corrected chi connectivity index (χ3v) is 6.75. The van der Waals surface area contributed by atoms with Crippen molar-refractivity contribution in [2.75, 3.05) is 12.3 Å². The molecule has 10 nitrogen and oxygen atoms in total. The summed E-state index contributed by atoms with van der Waals surface area (Å²) in [7, 11) is 0. The number of thioether (sulfide) groups is 1. The van der Waals surface area contributed by atoms with Crippen LogP contribution in [0.4, 0.5) is 5.82 Å². The number of carbonyl (C=O) groups is 1. The quantitative estimate of drug-likeness (QED) is 0.232. The van der Waals surface area contributed by atoms with Gasteiger partial charge in [0.25, 0.3) is 0 Å². The number of nitrogens with zero attached hydrogens (tertiary/aromatic N) is 4. The number of hydrogen-bond donors (Lipinski definition) is 3. The zero-order chi connectivity index (χ0) is 29.0. The molecule has 0 saturated carbocycles. The van der Waals surface area contributed by atoms with Crippen LogP contribution in [0.5, 0.6) is 5.75 Å². The van der Waals surface area contributed by atoms with Gasteiger partial charge >= 0.3 is 5.97 Å². The van der Waals surface area contributed by atoms with Gasteiger partial charge < -0.3 is 25.1 Å². The Balaban J connectivity index is 1.62. The van der Waals surface area contributed by atoms with E-state index in [0.29, 0.717) is 50.6 Å². The van der Waals surface area contributed by atoms with Gasteiger partial charge in [-0.1, -0.05) is 23.9 Å². The Morgan fingerprint density at radius 3 is 2.25 bits per heavy atom. The monoisotopic (exact) mass is 555 g/mol. The van der Waals surface area contributed by atoms with E-state index < -0.39 is 11.6 Å². The lowest BCUT2D eigenvalue weighted by Crippen LogP contribution is -2.27. The van der Waals surface area contributed by atoms with Crippen molar-refractivity contribution in [2.24, 2.45) is 0 Å². The zero-order valence-electron chi connectivity index (χ0n) is 21.9. The minimum Gasteiger partial charge on any atom is -0.491 e. The van der Waals surface area contributed by atoms with E-state index in [1.165, 1.54) is 23.9 Å². The van der Waals surface area contributed by atoms with E-state index in [1.807, 2.05) is 0 Å². The first kappa shape index (κ1) is 28.2. The average Bonchev–Trinajstić information content (AvgIpc) is 3.30. The first-order valence-corrected chi connectivity index (χ1v) is 13.0. The van der Waals surface area contributed by atoms with Crippen molar-refractivity contribution in [3.8, 4) is 40.5 Å². The minimum absolute atomic E-state index is 0.00237. The fourth-order valence-corrected chi connectivity index (χ4v) is 4.74. The molecule has 4 rings (SSSR count). The number of aryl methyl sites for hydroxylation is 1. The maximum atomic E-state index is 11.1. The Morgan fingerprint density at radius 1 is 1.05 bits per heavy atom. The van der Waals surface area contributed by atoms with Crippen LogP contribution in [-0.4, -0.2) is 38.4 Å². The van der Waals surface area contributed by atoms with Crippen molar-refractivity contribution >= 4 is 23.5 Å². The van der Waals surface area contributed by atoms with Crippen molar-refractivity contribution in [1.82, 2.24) is 9.97 Å². The van der Waals surface area contributed by atoms with Crippen molar-refractivity contribution < 1.29 is 24.2 Å². The van der Waals surface area contributed by atoms with E-state index in [9.17, 15) is 20.4 Å². The SMILES string of the molecule is Cc1oc(-c2ccc(C(=O)O)cc2)nc1CSc1nc(N)c(C#N)c(-c2ccc(OCC(C)(C)O)cc2)c1C#N. The number of ether oxygens (including phenoxy) is 1. The molecule has 202 valence electrons. The van der Waals surface area contributed by atoms with Crippen LogP contribution in [0.1, 0.15) is 46.8 Å². The van der Waals surface area contributed by atoms with E-state index in [1.54, 1.807) is 57.2 Å². The van der Waals surface area contributed by atoms with Crippen LogP contribution in [0.3, 0.4) is 0 Å². The van der Waals surface area contributed by atoms with E-state index >= 15 is 0 Å². The second kappa shape index (κ2) is 11.5. The van der Waals surface area contributed by atoms with E-state index in [2.05, 4.69) is 22.1 Å². The van der Waals surface area contributed by atoms with Crippen LogP contribution in [0, 0.1) is 29.6 Å². The van der Waals surface area contributed by atoms with E-state index in [4.69, 9.17) is 20.0 Å². The first-order chi connectivity index (χ1) is 19.0. The molecule has 2 aromatic heterocycles. The van der Waals surface area contributed by atoms with Gasteiger partial charge in [-0.05, 0) is 62.7 Å². The smallest absolute Gasteiger partial charge is 0.335 e. The van der Waals surface area contributed by atoms with Crippen molar-refractivity contribution in [1.29, 1.82) is 10.5 Å². The van der Waals surface area contributed by atoms with Gasteiger partial charge in [-0.25, -0.2) is 14.8 Å². The molecule has 0 saturated heterocycles. The molecule has 0 spiro atoms. The summed E-state index contributed by atoms with van der Waals surface area (Å²) in [4.78, 5) is 20.0. The molecule has 0 atom stereocenters. The number of anilines is 1. The van der Waals surface area contributed by atoms with Gasteiger partial charge in [0, 0.05) is 16.9 Å². The summed E-state index contributed by atoms with van der Waals surface area (Å²) < 4.78 is 11.4. The van der Waals surface area contributed by atoms with Gasteiger partial charge in [-0.15, -0.1) is 0 Å². The van der Waals surface area contributed by atoms with E-state index in [0.717, 1.165) is 0 Å². The van der Waals surface area contributed by atoms with Crippen LogP contribution < -0.4 is 10.5 Å². The number of carboxylic acid groups (broad SMARTS) is 1. The number of nitriles is 2. The molecule has 0 unspecified atom stereocenters. The number of benzene rings is 2. The van der Waals surface area contributed by atoms with Crippen molar-refractivity contribution in [3.63, 3.8) is 0 Å². The summed E-state index contributed by atoms with van der Waals surface area (Å²) in [6.07, 6.45) is 0. The first-order valence-electron chi connectivity index (χ1n) is 12.0.